The summed E-state index contributed by atoms with van der Waals surface area (Å²) in [7, 11) is 0. The topological polar surface area (TPSA) is 6.48 Å². The molecule has 2 nitrogen and oxygen atoms in total. The van der Waals surface area contributed by atoms with Crippen molar-refractivity contribution in [2.45, 2.75) is 53.4 Å². The van der Waals surface area contributed by atoms with Crippen LogP contribution in [-0.4, -0.2) is 6.71 Å². The van der Waals surface area contributed by atoms with Gasteiger partial charge in [0.2, 0.25) is 0 Å². The second kappa shape index (κ2) is 16.3. The van der Waals surface area contributed by atoms with E-state index in [4.69, 9.17) is 0 Å². The van der Waals surface area contributed by atoms with Crippen LogP contribution in [-0.2, 0) is 11.8 Å². The molecule has 2 aliphatic heterocycles. The molecular formula is C63H55BN2. The summed E-state index contributed by atoms with van der Waals surface area (Å²) in [6.45, 7) is 14.0. The molecule has 2 heterocycles. The molecule has 0 unspecified atom stereocenters. The zero-order chi connectivity index (χ0) is 45.2. The molecule has 0 bridgehead atoms. The standard InChI is InChI=1S/C63H55BN2/c1-62(2,3)42-49-26-16-17-27-52(49)48-33-37-57-55(39-48)64-54-38-47(44-22-12-8-13-23-44)32-36-58(54)66(56-29-19-18-28-53(56)46-24-14-9-15-25-46)60-41-50(63(4,5)6)40-59(61(60)64)65(57)51-34-30-45(31-35-51)43-20-10-7-11-21-43/h7-41H,42H2,1-6H3. The third kappa shape index (κ3) is 7.43. The van der Waals surface area contributed by atoms with Gasteiger partial charge in [0.25, 0.3) is 6.71 Å². The Morgan fingerprint density at radius 2 is 0.833 bits per heavy atom. The average molecular weight is 851 g/mol. The normalized spacial score (nSPS) is 13.0. The van der Waals surface area contributed by atoms with Crippen LogP contribution in [0.4, 0.5) is 34.1 Å². The minimum absolute atomic E-state index is 0.0487. The smallest absolute Gasteiger partial charge is 0.252 e. The maximum atomic E-state index is 2.58. The molecule has 2 aliphatic rings. The van der Waals surface area contributed by atoms with Crippen molar-refractivity contribution >= 4 is 57.2 Å². The third-order valence-corrected chi connectivity index (χ3v) is 13.6. The van der Waals surface area contributed by atoms with E-state index < -0.39 is 0 Å². The lowest BCUT2D eigenvalue weighted by molar-refractivity contribution is 0.412. The van der Waals surface area contributed by atoms with Crippen LogP contribution in [0, 0.1) is 5.41 Å². The van der Waals surface area contributed by atoms with E-state index >= 15 is 0 Å². The number of rotatable bonds is 7. The molecule has 0 saturated carbocycles. The van der Waals surface area contributed by atoms with Crippen LogP contribution in [0.5, 0.6) is 0 Å². The SMILES string of the molecule is CC(C)(C)Cc1ccccc1-c1ccc2c(c1)B1c3cc(-c4ccccc4)ccc3N(c3ccccc3-c3ccccc3)c3cc(C(C)(C)C)cc(c31)N2c1ccc(-c2ccccc2)cc1. The quantitative estimate of drug-likeness (QED) is 0.147. The summed E-state index contributed by atoms with van der Waals surface area (Å²) in [5, 5.41) is 0. The van der Waals surface area contributed by atoms with E-state index in [9.17, 15) is 0 Å². The molecule has 0 saturated heterocycles. The molecule has 0 spiro atoms. The van der Waals surface area contributed by atoms with Crippen LogP contribution in [0.2, 0.25) is 0 Å². The summed E-state index contributed by atoms with van der Waals surface area (Å²) in [6, 6.07) is 79.3. The van der Waals surface area contributed by atoms with Crippen LogP contribution in [0.15, 0.2) is 212 Å². The molecule has 0 atom stereocenters. The van der Waals surface area contributed by atoms with E-state index in [2.05, 4.69) is 264 Å². The van der Waals surface area contributed by atoms with Gasteiger partial charge in [-0.25, -0.2) is 0 Å². The average Bonchev–Trinajstić information content (AvgIpc) is 3.34. The first-order chi connectivity index (χ1) is 32.0. The second-order valence-corrected chi connectivity index (χ2v) is 20.4. The Labute approximate surface area is 392 Å². The van der Waals surface area contributed by atoms with E-state index in [1.807, 2.05) is 0 Å². The molecule has 0 N–H and O–H groups in total. The van der Waals surface area contributed by atoms with Gasteiger partial charge in [-0.1, -0.05) is 211 Å². The second-order valence-electron chi connectivity index (χ2n) is 20.4. The van der Waals surface area contributed by atoms with Gasteiger partial charge in [0.05, 0.1) is 5.69 Å². The van der Waals surface area contributed by atoms with Crippen molar-refractivity contribution in [1.82, 2.24) is 0 Å². The Morgan fingerprint density at radius 3 is 1.45 bits per heavy atom. The van der Waals surface area contributed by atoms with Gasteiger partial charge in [0.15, 0.2) is 0 Å². The molecule has 0 amide bonds. The van der Waals surface area contributed by atoms with Gasteiger partial charge in [0, 0.05) is 34.0 Å². The van der Waals surface area contributed by atoms with Gasteiger partial charge >= 0.3 is 0 Å². The van der Waals surface area contributed by atoms with Crippen molar-refractivity contribution in [1.29, 1.82) is 0 Å². The van der Waals surface area contributed by atoms with Gasteiger partial charge in [-0.3, -0.25) is 0 Å². The van der Waals surface area contributed by atoms with Crippen LogP contribution < -0.4 is 26.2 Å². The maximum absolute atomic E-state index is 2.58. The lowest BCUT2D eigenvalue weighted by atomic mass is 9.33. The number of anilines is 6. The Kier molecular flexibility index (Phi) is 10.2. The first kappa shape index (κ1) is 41.4. The zero-order valence-electron chi connectivity index (χ0n) is 38.9. The predicted octanol–water partition coefficient (Wildman–Crippen LogP) is 15.3. The van der Waals surface area contributed by atoms with Gasteiger partial charge in [-0.2, -0.15) is 0 Å². The fourth-order valence-electron chi connectivity index (χ4n) is 10.4. The maximum Gasteiger partial charge on any atom is 0.252 e. The Morgan fingerprint density at radius 1 is 0.364 bits per heavy atom. The summed E-state index contributed by atoms with van der Waals surface area (Å²) < 4.78 is 0. The molecule has 0 radical (unpaired) electrons. The summed E-state index contributed by atoms with van der Waals surface area (Å²) in [5.74, 6) is 0. The number of hydrogen-bond donors (Lipinski definition) is 0. The molecule has 320 valence electrons. The predicted molar refractivity (Wildman–Crippen MR) is 284 cm³/mol. The molecule has 0 aliphatic carbocycles. The minimum atomic E-state index is -0.132. The van der Waals surface area contributed by atoms with Crippen molar-refractivity contribution in [3.63, 3.8) is 0 Å². The van der Waals surface area contributed by atoms with E-state index in [0.717, 1.165) is 12.1 Å². The van der Waals surface area contributed by atoms with Crippen molar-refractivity contribution in [2.75, 3.05) is 9.80 Å². The fraction of sp³-hybridized carbons (Fsp3) is 0.143. The molecule has 9 aromatic rings. The van der Waals surface area contributed by atoms with E-state index in [0.29, 0.717) is 0 Å². The van der Waals surface area contributed by atoms with Gasteiger partial charge in [0.1, 0.15) is 0 Å². The fourth-order valence-corrected chi connectivity index (χ4v) is 10.4. The Hall–Kier alpha value is -7.36. The lowest BCUT2D eigenvalue weighted by Crippen LogP contribution is -2.61. The highest BCUT2D eigenvalue weighted by Gasteiger charge is 2.45. The summed E-state index contributed by atoms with van der Waals surface area (Å²) in [4.78, 5) is 5.15. The van der Waals surface area contributed by atoms with Crippen molar-refractivity contribution in [3.05, 3.63) is 223 Å². The number of benzene rings is 9. The number of fused-ring (bicyclic) bond motifs is 4. The summed E-state index contributed by atoms with van der Waals surface area (Å²) >= 11 is 0. The van der Waals surface area contributed by atoms with Gasteiger partial charge < -0.3 is 9.80 Å². The monoisotopic (exact) mass is 850 g/mol. The van der Waals surface area contributed by atoms with Gasteiger partial charge in [-0.15, -0.1) is 0 Å². The van der Waals surface area contributed by atoms with Crippen LogP contribution >= 0.6 is 0 Å². The Balaban J connectivity index is 1.24. The largest absolute Gasteiger partial charge is 0.311 e. The molecule has 9 aromatic carbocycles. The number of para-hydroxylation sites is 1. The Bertz CT molecular complexity index is 3230. The molecule has 3 heteroatoms. The van der Waals surface area contributed by atoms with E-state index in [1.165, 1.54) is 100 Å². The van der Waals surface area contributed by atoms with Crippen molar-refractivity contribution < 1.29 is 0 Å². The number of hydrogen-bond acceptors (Lipinski definition) is 2. The highest BCUT2D eigenvalue weighted by molar-refractivity contribution is 7.00. The highest BCUT2D eigenvalue weighted by Crippen LogP contribution is 2.49. The summed E-state index contributed by atoms with van der Waals surface area (Å²) in [5.41, 5.74) is 23.6. The van der Waals surface area contributed by atoms with E-state index in [-0.39, 0.29) is 17.5 Å². The summed E-state index contributed by atoms with van der Waals surface area (Å²) in [6.07, 6.45) is 0.991. The molecule has 0 fully saturated rings. The van der Waals surface area contributed by atoms with Crippen molar-refractivity contribution in [3.8, 4) is 44.5 Å². The molecule has 0 aromatic heterocycles. The number of nitrogens with zero attached hydrogens (tertiary/aromatic N) is 2. The molecule has 11 rings (SSSR count). The van der Waals surface area contributed by atoms with Crippen LogP contribution in [0.3, 0.4) is 0 Å². The van der Waals surface area contributed by atoms with Crippen LogP contribution in [0.25, 0.3) is 44.5 Å². The van der Waals surface area contributed by atoms with E-state index in [1.54, 1.807) is 0 Å². The first-order valence-corrected chi connectivity index (χ1v) is 23.5. The van der Waals surface area contributed by atoms with Crippen LogP contribution in [0.1, 0.15) is 52.7 Å². The highest BCUT2D eigenvalue weighted by atomic mass is 15.2. The van der Waals surface area contributed by atoms with Crippen molar-refractivity contribution in [2.24, 2.45) is 5.41 Å². The lowest BCUT2D eigenvalue weighted by Gasteiger charge is -2.45. The molecule has 66 heavy (non-hydrogen) atoms. The van der Waals surface area contributed by atoms with Gasteiger partial charge in [-0.05, 0) is 126 Å². The third-order valence-electron chi connectivity index (χ3n) is 13.6. The minimum Gasteiger partial charge on any atom is -0.311 e. The molecular weight excluding hydrogens is 796 g/mol. The first-order valence-electron chi connectivity index (χ1n) is 23.5. The zero-order valence-corrected chi connectivity index (χ0v) is 38.9.